The number of benzene rings is 2. The van der Waals surface area contributed by atoms with Crippen LogP contribution in [-0.4, -0.2) is 52.6 Å². The first kappa shape index (κ1) is 20.4. The van der Waals surface area contributed by atoms with Gasteiger partial charge in [-0.25, -0.2) is 4.98 Å². The number of hydrogen-bond acceptors (Lipinski definition) is 6. The van der Waals surface area contributed by atoms with Crippen LogP contribution in [0.5, 0.6) is 5.75 Å². The van der Waals surface area contributed by atoms with Crippen molar-refractivity contribution in [1.82, 2.24) is 19.4 Å². The Balaban J connectivity index is 1.59. The second-order valence-electron chi connectivity index (χ2n) is 7.34. The van der Waals surface area contributed by atoms with Crippen molar-refractivity contribution in [1.29, 1.82) is 0 Å². The Hall–Kier alpha value is -3.91. The molecule has 2 aromatic carbocycles. The van der Waals surface area contributed by atoms with Crippen LogP contribution in [0.4, 0.5) is 11.6 Å². The Morgan fingerprint density at radius 1 is 1.16 bits per heavy atom. The number of nitrogens with zero attached hydrogens (tertiary/aromatic N) is 4. The molecule has 2 heterocycles. The number of amides is 1. The van der Waals surface area contributed by atoms with Crippen molar-refractivity contribution in [2.24, 2.45) is 5.73 Å². The second kappa shape index (κ2) is 8.85. The summed E-state index contributed by atoms with van der Waals surface area (Å²) >= 11 is 0. The van der Waals surface area contributed by atoms with Crippen LogP contribution in [0.3, 0.4) is 0 Å². The van der Waals surface area contributed by atoms with Crippen LogP contribution >= 0.6 is 0 Å². The number of ether oxygens (including phenoxy) is 1. The Labute approximate surface area is 180 Å². The Bertz CT molecular complexity index is 1220. The van der Waals surface area contributed by atoms with Crippen LogP contribution < -0.4 is 15.8 Å². The molecule has 3 N–H and O–H groups in total. The van der Waals surface area contributed by atoms with E-state index in [-0.39, 0.29) is 0 Å². The van der Waals surface area contributed by atoms with Gasteiger partial charge in [-0.15, -0.1) is 0 Å². The number of anilines is 2. The molecule has 0 fully saturated rings. The van der Waals surface area contributed by atoms with E-state index in [1.807, 2.05) is 67.2 Å². The third-order valence-corrected chi connectivity index (χ3v) is 4.76. The fraction of sp³-hybridized carbons (Fsp3) is 0.174. The SMILES string of the molecule is CN(C)CCOc1cccc(Nc2nccc(-n3cc(C(N)=O)c4ccccc43)n2)c1. The number of carbonyl (C=O) groups excluding carboxylic acids is 1. The van der Waals surface area contributed by atoms with Gasteiger partial charge in [-0.1, -0.05) is 24.3 Å². The monoisotopic (exact) mass is 416 g/mol. The van der Waals surface area contributed by atoms with Gasteiger partial charge < -0.3 is 25.3 Å². The molecule has 0 radical (unpaired) electrons. The molecule has 0 atom stereocenters. The fourth-order valence-corrected chi connectivity index (χ4v) is 3.25. The first-order chi connectivity index (χ1) is 15.0. The first-order valence-corrected chi connectivity index (χ1v) is 9.89. The maximum Gasteiger partial charge on any atom is 0.250 e. The second-order valence-corrected chi connectivity index (χ2v) is 7.34. The Morgan fingerprint density at radius 3 is 2.81 bits per heavy atom. The third-order valence-electron chi connectivity index (χ3n) is 4.76. The highest BCUT2D eigenvalue weighted by atomic mass is 16.5. The lowest BCUT2D eigenvalue weighted by Crippen LogP contribution is -2.19. The largest absolute Gasteiger partial charge is 0.492 e. The summed E-state index contributed by atoms with van der Waals surface area (Å²) in [7, 11) is 4.01. The number of nitrogens with two attached hydrogens (primary N) is 1. The number of fused-ring (bicyclic) bond motifs is 1. The highest BCUT2D eigenvalue weighted by Gasteiger charge is 2.14. The van der Waals surface area contributed by atoms with Gasteiger partial charge in [0.25, 0.3) is 5.91 Å². The van der Waals surface area contributed by atoms with E-state index in [1.54, 1.807) is 18.5 Å². The number of carbonyl (C=O) groups is 1. The zero-order valence-electron chi connectivity index (χ0n) is 17.4. The van der Waals surface area contributed by atoms with Crippen LogP contribution in [0, 0.1) is 0 Å². The summed E-state index contributed by atoms with van der Waals surface area (Å²) in [5, 5.41) is 4.00. The summed E-state index contributed by atoms with van der Waals surface area (Å²) in [5.41, 5.74) is 7.67. The van der Waals surface area contributed by atoms with Gasteiger partial charge in [0.1, 0.15) is 18.2 Å². The molecule has 158 valence electrons. The summed E-state index contributed by atoms with van der Waals surface area (Å²) in [6, 6.07) is 17.0. The molecule has 0 spiro atoms. The molecule has 0 aliphatic heterocycles. The first-order valence-electron chi connectivity index (χ1n) is 9.89. The molecule has 0 aliphatic rings. The molecular weight excluding hydrogens is 392 g/mol. The number of likely N-dealkylation sites (N-methyl/N-ethyl adjacent to an activating group) is 1. The Kier molecular flexibility index (Phi) is 5.81. The standard InChI is InChI=1S/C23H24N6O2/c1-28(2)12-13-31-17-7-5-6-16(14-17)26-23-25-11-10-21(27-23)29-15-19(22(24)30)18-8-3-4-9-20(18)29/h3-11,14-15H,12-13H2,1-2H3,(H2,24,30)(H,25,26,27). The van der Waals surface area contributed by atoms with Gasteiger partial charge in [0.05, 0.1) is 11.1 Å². The number of primary amides is 1. The van der Waals surface area contributed by atoms with Gasteiger partial charge in [-0.2, -0.15) is 4.98 Å². The highest BCUT2D eigenvalue weighted by molar-refractivity contribution is 6.06. The molecule has 0 saturated heterocycles. The maximum atomic E-state index is 11.9. The van der Waals surface area contributed by atoms with Crippen molar-refractivity contribution >= 4 is 28.4 Å². The molecule has 0 aliphatic carbocycles. The number of para-hydroxylation sites is 1. The van der Waals surface area contributed by atoms with E-state index < -0.39 is 5.91 Å². The van der Waals surface area contributed by atoms with Crippen molar-refractivity contribution in [2.75, 3.05) is 32.6 Å². The third kappa shape index (κ3) is 4.65. The molecular formula is C23H24N6O2. The highest BCUT2D eigenvalue weighted by Crippen LogP contribution is 2.25. The molecule has 2 aromatic heterocycles. The summed E-state index contributed by atoms with van der Waals surface area (Å²) in [6.45, 7) is 1.44. The van der Waals surface area contributed by atoms with E-state index in [0.29, 0.717) is 23.9 Å². The fourth-order valence-electron chi connectivity index (χ4n) is 3.25. The maximum absolute atomic E-state index is 11.9. The van der Waals surface area contributed by atoms with Crippen molar-refractivity contribution in [3.8, 4) is 11.6 Å². The van der Waals surface area contributed by atoms with Crippen molar-refractivity contribution < 1.29 is 9.53 Å². The predicted octanol–water partition coefficient (Wildman–Crippen LogP) is 3.20. The molecule has 0 bridgehead atoms. The van der Waals surface area contributed by atoms with Gasteiger partial charge in [0.2, 0.25) is 5.95 Å². The van der Waals surface area contributed by atoms with E-state index in [4.69, 9.17) is 10.5 Å². The molecule has 31 heavy (non-hydrogen) atoms. The van der Waals surface area contributed by atoms with E-state index in [9.17, 15) is 4.79 Å². The number of aromatic nitrogens is 3. The van der Waals surface area contributed by atoms with Crippen molar-refractivity contribution in [3.63, 3.8) is 0 Å². The summed E-state index contributed by atoms with van der Waals surface area (Å²) in [6.07, 6.45) is 3.37. The van der Waals surface area contributed by atoms with Crippen LogP contribution in [-0.2, 0) is 0 Å². The predicted molar refractivity (Wildman–Crippen MR) is 121 cm³/mol. The quantitative estimate of drug-likeness (QED) is 0.458. The topological polar surface area (TPSA) is 98.3 Å². The van der Waals surface area contributed by atoms with Gasteiger partial charge in [-0.3, -0.25) is 4.79 Å². The Morgan fingerprint density at radius 2 is 2.00 bits per heavy atom. The van der Waals surface area contributed by atoms with Gasteiger partial charge >= 0.3 is 0 Å². The smallest absolute Gasteiger partial charge is 0.250 e. The lowest BCUT2D eigenvalue weighted by atomic mass is 10.2. The zero-order valence-corrected chi connectivity index (χ0v) is 17.4. The molecule has 0 saturated carbocycles. The lowest BCUT2D eigenvalue weighted by Gasteiger charge is -2.12. The lowest BCUT2D eigenvalue weighted by molar-refractivity contribution is 0.100. The number of rotatable bonds is 8. The molecule has 4 aromatic rings. The average Bonchev–Trinajstić information content (AvgIpc) is 3.14. The summed E-state index contributed by atoms with van der Waals surface area (Å²) in [4.78, 5) is 22.9. The summed E-state index contributed by atoms with van der Waals surface area (Å²) in [5.74, 6) is 1.35. The van der Waals surface area contributed by atoms with Crippen LogP contribution in [0.1, 0.15) is 10.4 Å². The minimum absolute atomic E-state index is 0.432. The average molecular weight is 416 g/mol. The van der Waals surface area contributed by atoms with E-state index in [2.05, 4.69) is 20.2 Å². The van der Waals surface area contributed by atoms with Gasteiger partial charge in [0.15, 0.2) is 0 Å². The zero-order chi connectivity index (χ0) is 21.8. The van der Waals surface area contributed by atoms with E-state index >= 15 is 0 Å². The van der Waals surface area contributed by atoms with E-state index in [0.717, 1.165) is 28.9 Å². The molecule has 0 unspecified atom stereocenters. The molecule has 4 rings (SSSR count). The number of nitrogens with one attached hydrogen (secondary N) is 1. The van der Waals surface area contributed by atoms with E-state index in [1.165, 1.54) is 0 Å². The molecule has 1 amide bonds. The minimum Gasteiger partial charge on any atom is -0.492 e. The van der Waals surface area contributed by atoms with Crippen molar-refractivity contribution in [2.45, 2.75) is 0 Å². The van der Waals surface area contributed by atoms with Gasteiger partial charge in [0, 0.05) is 36.1 Å². The minimum atomic E-state index is -0.478. The normalized spacial score (nSPS) is 11.1. The summed E-state index contributed by atoms with van der Waals surface area (Å²) < 4.78 is 7.63. The molecule has 8 nitrogen and oxygen atoms in total. The van der Waals surface area contributed by atoms with Crippen LogP contribution in [0.15, 0.2) is 67.0 Å². The van der Waals surface area contributed by atoms with Crippen LogP contribution in [0.2, 0.25) is 0 Å². The molecule has 8 heteroatoms. The van der Waals surface area contributed by atoms with Crippen LogP contribution in [0.25, 0.3) is 16.7 Å². The van der Waals surface area contributed by atoms with Gasteiger partial charge in [-0.05, 0) is 38.4 Å². The number of hydrogen-bond donors (Lipinski definition) is 2. The van der Waals surface area contributed by atoms with Crippen molar-refractivity contribution in [3.05, 3.63) is 72.6 Å².